The van der Waals surface area contributed by atoms with Crippen molar-refractivity contribution in [3.63, 3.8) is 0 Å². The second kappa shape index (κ2) is 6.04. The van der Waals surface area contributed by atoms with Gasteiger partial charge in [-0.05, 0) is 13.0 Å². The summed E-state index contributed by atoms with van der Waals surface area (Å²) in [6.07, 6.45) is 2.11. The predicted octanol–water partition coefficient (Wildman–Crippen LogP) is -0.149. The zero-order chi connectivity index (χ0) is 15.6. The van der Waals surface area contributed by atoms with Gasteiger partial charge in [0.25, 0.3) is 0 Å². The van der Waals surface area contributed by atoms with E-state index in [0.29, 0.717) is 13.1 Å². The third kappa shape index (κ3) is 3.36. The second-order valence-electron chi connectivity index (χ2n) is 4.91. The first-order chi connectivity index (χ1) is 9.82. The highest BCUT2D eigenvalue weighted by Gasteiger charge is 2.30. The molecule has 1 aromatic heterocycles. The van der Waals surface area contributed by atoms with Crippen molar-refractivity contribution >= 4 is 15.9 Å². The van der Waals surface area contributed by atoms with Gasteiger partial charge in [0.15, 0.2) is 0 Å². The van der Waals surface area contributed by atoms with Crippen LogP contribution in [0.2, 0.25) is 0 Å². The Hall–Kier alpha value is -1.58. The van der Waals surface area contributed by atoms with Crippen molar-refractivity contribution in [2.24, 2.45) is 5.73 Å². The number of halogens is 1. The minimum absolute atomic E-state index is 0.0561. The van der Waals surface area contributed by atoms with Crippen LogP contribution in [0.1, 0.15) is 6.92 Å². The van der Waals surface area contributed by atoms with Crippen LogP contribution in [0.15, 0.2) is 23.4 Å². The maximum atomic E-state index is 13.1. The predicted molar refractivity (Wildman–Crippen MR) is 75.9 cm³/mol. The molecule has 1 aromatic rings. The Morgan fingerprint density at radius 2 is 2.00 bits per heavy atom. The van der Waals surface area contributed by atoms with Crippen LogP contribution in [0.3, 0.4) is 0 Å². The molecule has 1 aliphatic heterocycles. The molecule has 0 bridgehead atoms. The molecule has 1 saturated heterocycles. The fourth-order valence-corrected chi connectivity index (χ4v) is 3.61. The smallest absolute Gasteiger partial charge is 0.244 e. The first kappa shape index (κ1) is 15.8. The zero-order valence-corrected chi connectivity index (χ0v) is 12.5. The van der Waals surface area contributed by atoms with Crippen molar-refractivity contribution in [3.8, 4) is 0 Å². The summed E-state index contributed by atoms with van der Waals surface area (Å²) in [6, 6.07) is 0.748. The van der Waals surface area contributed by atoms with Crippen LogP contribution in [0.25, 0.3) is 0 Å². The SMILES string of the molecule is CC(C(=N)N)N1CCN(S(=O)(=O)c2cncc(F)c2)CC1. The molecule has 1 fully saturated rings. The number of rotatable bonds is 4. The number of amidine groups is 1. The van der Waals surface area contributed by atoms with E-state index in [2.05, 4.69) is 4.98 Å². The first-order valence-corrected chi connectivity index (χ1v) is 7.95. The normalized spacial score (nSPS) is 19.3. The minimum atomic E-state index is -3.73. The average Bonchev–Trinajstić information content (AvgIpc) is 2.46. The molecule has 21 heavy (non-hydrogen) atoms. The van der Waals surface area contributed by atoms with Gasteiger partial charge in [-0.2, -0.15) is 4.31 Å². The average molecular weight is 315 g/mol. The molecule has 9 heteroatoms. The van der Waals surface area contributed by atoms with Crippen LogP contribution in [0.4, 0.5) is 4.39 Å². The maximum Gasteiger partial charge on any atom is 0.244 e. The lowest BCUT2D eigenvalue weighted by molar-refractivity contribution is 0.173. The van der Waals surface area contributed by atoms with Crippen LogP contribution in [-0.4, -0.2) is 60.7 Å². The Morgan fingerprint density at radius 3 is 2.52 bits per heavy atom. The molecule has 0 radical (unpaired) electrons. The lowest BCUT2D eigenvalue weighted by Crippen LogP contribution is -2.54. The van der Waals surface area contributed by atoms with Crippen LogP contribution in [0.5, 0.6) is 0 Å². The Bertz CT molecular complexity index is 628. The number of nitrogens with zero attached hydrogens (tertiary/aromatic N) is 3. The molecule has 2 heterocycles. The molecule has 0 spiro atoms. The van der Waals surface area contributed by atoms with Crippen LogP contribution in [0, 0.1) is 11.2 Å². The Labute approximate surface area is 123 Å². The van der Waals surface area contributed by atoms with Crippen molar-refractivity contribution in [3.05, 3.63) is 24.3 Å². The summed E-state index contributed by atoms with van der Waals surface area (Å²) in [6.45, 7) is 3.31. The van der Waals surface area contributed by atoms with Gasteiger partial charge >= 0.3 is 0 Å². The molecular formula is C12H18FN5O2S. The van der Waals surface area contributed by atoms with Gasteiger partial charge in [0, 0.05) is 32.4 Å². The molecule has 0 saturated carbocycles. The van der Waals surface area contributed by atoms with Gasteiger partial charge in [-0.25, -0.2) is 12.8 Å². The third-order valence-corrected chi connectivity index (χ3v) is 5.45. The van der Waals surface area contributed by atoms with Crippen molar-refractivity contribution in [1.29, 1.82) is 5.41 Å². The Kier molecular flexibility index (Phi) is 4.55. The summed E-state index contributed by atoms with van der Waals surface area (Å²) < 4.78 is 39.2. The number of nitrogens with two attached hydrogens (primary N) is 1. The van der Waals surface area contributed by atoms with E-state index in [1.165, 1.54) is 4.31 Å². The molecule has 116 valence electrons. The lowest BCUT2D eigenvalue weighted by Gasteiger charge is -2.36. The van der Waals surface area contributed by atoms with Gasteiger partial charge in [0.05, 0.1) is 12.2 Å². The Morgan fingerprint density at radius 1 is 1.38 bits per heavy atom. The molecule has 0 aliphatic carbocycles. The van der Waals surface area contributed by atoms with E-state index in [4.69, 9.17) is 11.1 Å². The van der Waals surface area contributed by atoms with Gasteiger partial charge in [0.1, 0.15) is 16.5 Å². The summed E-state index contributed by atoms with van der Waals surface area (Å²) in [5.41, 5.74) is 5.45. The van der Waals surface area contributed by atoms with E-state index in [-0.39, 0.29) is 29.9 Å². The number of pyridine rings is 1. The minimum Gasteiger partial charge on any atom is -0.386 e. The monoisotopic (exact) mass is 315 g/mol. The molecule has 3 N–H and O–H groups in total. The summed E-state index contributed by atoms with van der Waals surface area (Å²) in [5.74, 6) is -0.624. The molecule has 0 amide bonds. The number of piperazine rings is 1. The fourth-order valence-electron chi connectivity index (χ4n) is 2.21. The summed E-state index contributed by atoms with van der Waals surface area (Å²) >= 11 is 0. The second-order valence-corrected chi connectivity index (χ2v) is 6.85. The number of nitrogens with one attached hydrogen (secondary N) is 1. The van der Waals surface area contributed by atoms with E-state index in [0.717, 1.165) is 18.5 Å². The standard InChI is InChI=1S/C12H18FN5O2S/c1-9(12(14)15)17-2-4-18(5-3-17)21(19,20)11-6-10(13)7-16-8-11/h6-9H,2-5H2,1H3,(H3,14,15). The Balaban J connectivity index is 2.09. The topological polar surface area (TPSA) is 103 Å². The van der Waals surface area contributed by atoms with E-state index >= 15 is 0 Å². The van der Waals surface area contributed by atoms with Crippen molar-refractivity contribution in [2.45, 2.75) is 17.9 Å². The van der Waals surface area contributed by atoms with Crippen molar-refractivity contribution in [1.82, 2.24) is 14.2 Å². The number of hydrogen-bond acceptors (Lipinski definition) is 5. The van der Waals surface area contributed by atoms with E-state index in [1.807, 2.05) is 11.8 Å². The van der Waals surface area contributed by atoms with Crippen LogP contribution in [-0.2, 0) is 10.0 Å². The van der Waals surface area contributed by atoms with Crippen molar-refractivity contribution < 1.29 is 12.8 Å². The molecule has 1 unspecified atom stereocenters. The summed E-state index contributed by atoms with van der Waals surface area (Å²) in [4.78, 5) is 5.38. The quantitative estimate of drug-likeness (QED) is 0.594. The molecule has 2 rings (SSSR count). The van der Waals surface area contributed by atoms with Crippen molar-refractivity contribution in [2.75, 3.05) is 26.2 Å². The number of aromatic nitrogens is 1. The van der Waals surface area contributed by atoms with E-state index in [1.54, 1.807) is 0 Å². The van der Waals surface area contributed by atoms with Crippen LogP contribution >= 0.6 is 0 Å². The maximum absolute atomic E-state index is 13.1. The number of hydrogen-bond donors (Lipinski definition) is 2. The van der Waals surface area contributed by atoms with Gasteiger partial charge < -0.3 is 5.73 Å². The zero-order valence-electron chi connectivity index (χ0n) is 11.7. The van der Waals surface area contributed by atoms with E-state index < -0.39 is 15.8 Å². The van der Waals surface area contributed by atoms with Gasteiger partial charge in [-0.1, -0.05) is 0 Å². The van der Waals surface area contributed by atoms with Crippen LogP contribution < -0.4 is 5.73 Å². The fraction of sp³-hybridized carbons (Fsp3) is 0.500. The highest BCUT2D eigenvalue weighted by atomic mass is 32.2. The molecular weight excluding hydrogens is 297 g/mol. The molecule has 1 aliphatic rings. The molecule has 1 atom stereocenters. The number of sulfonamides is 1. The molecule has 0 aromatic carbocycles. The van der Waals surface area contributed by atoms with E-state index in [9.17, 15) is 12.8 Å². The summed E-state index contributed by atoms with van der Waals surface area (Å²) in [7, 11) is -3.73. The third-order valence-electron chi connectivity index (χ3n) is 3.59. The van der Waals surface area contributed by atoms with Gasteiger partial charge in [0.2, 0.25) is 10.0 Å². The summed E-state index contributed by atoms with van der Waals surface area (Å²) in [5, 5.41) is 7.42. The van der Waals surface area contributed by atoms with Gasteiger partial charge in [-0.3, -0.25) is 15.3 Å². The molecule has 7 nitrogen and oxygen atoms in total. The highest BCUT2D eigenvalue weighted by Crippen LogP contribution is 2.18. The lowest BCUT2D eigenvalue weighted by atomic mass is 10.2. The highest BCUT2D eigenvalue weighted by molar-refractivity contribution is 7.89. The van der Waals surface area contributed by atoms with Gasteiger partial charge in [-0.15, -0.1) is 0 Å². The largest absolute Gasteiger partial charge is 0.386 e. The first-order valence-electron chi connectivity index (χ1n) is 6.51.